The molecule has 0 saturated heterocycles. The van der Waals surface area contributed by atoms with Crippen LogP contribution in [0.5, 0.6) is 0 Å². The van der Waals surface area contributed by atoms with Crippen LogP contribution in [0.2, 0.25) is 0 Å². The summed E-state index contributed by atoms with van der Waals surface area (Å²) >= 11 is 2.95. The molecule has 0 aliphatic carbocycles. The Hall–Kier alpha value is -1.02. The molecule has 0 radical (unpaired) electrons. The molecule has 0 heterocycles. The summed E-state index contributed by atoms with van der Waals surface area (Å²) in [6.07, 6.45) is -0.000463. The summed E-state index contributed by atoms with van der Waals surface area (Å²) in [5, 5.41) is 8.42. The number of hydrogen-bond donors (Lipinski definition) is 0. The predicted octanol–water partition coefficient (Wildman–Crippen LogP) is 2.93. The fourth-order valence-corrected chi connectivity index (χ4v) is 1.31. The van der Waals surface area contributed by atoms with Crippen LogP contribution < -0.4 is 0 Å². The maximum absolute atomic E-state index is 13.0. The Kier molecular flexibility index (Phi) is 3.53. The summed E-state index contributed by atoms with van der Waals surface area (Å²) in [4.78, 5) is -0.609. The second-order valence-electron chi connectivity index (χ2n) is 2.64. The van der Waals surface area contributed by atoms with Crippen LogP contribution >= 0.6 is 15.9 Å². The van der Waals surface area contributed by atoms with E-state index in [4.69, 9.17) is 5.26 Å². The number of nitrogens with zero attached hydrogens (tertiary/aromatic N) is 1. The molecule has 74 valence electrons. The number of rotatable bonds is 2. The predicted molar refractivity (Wildman–Crippen MR) is 48.3 cm³/mol. The monoisotopic (exact) mass is 263 g/mol. The maximum Gasteiger partial charge on any atom is 0.194 e. The average Bonchev–Trinajstić information content (AvgIpc) is 2.19. The molecule has 5 heteroatoms. The van der Waals surface area contributed by atoms with Gasteiger partial charge in [-0.3, -0.25) is 0 Å². The summed E-state index contributed by atoms with van der Waals surface area (Å²) < 4.78 is 38.2. The van der Waals surface area contributed by atoms with Crippen LogP contribution in [-0.2, 0) is 6.42 Å². The SMILES string of the molecule is N#CC(Br)Cc1ccc(F)c(F)c1F. The number of hydrogen-bond acceptors (Lipinski definition) is 1. The number of halogens is 4. The summed E-state index contributed by atoms with van der Waals surface area (Å²) in [6.45, 7) is 0. The van der Waals surface area contributed by atoms with Crippen LogP contribution in [0.25, 0.3) is 0 Å². The van der Waals surface area contributed by atoms with E-state index in [2.05, 4.69) is 15.9 Å². The molecule has 0 fully saturated rings. The first-order valence-corrected chi connectivity index (χ1v) is 4.64. The maximum atomic E-state index is 13.0. The molecule has 0 aliphatic rings. The lowest BCUT2D eigenvalue weighted by Crippen LogP contribution is -2.04. The smallest absolute Gasteiger partial charge is 0.194 e. The second-order valence-corrected chi connectivity index (χ2v) is 3.74. The van der Waals surface area contributed by atoms with E-state index in [1.54, 1.807) is 0 Å². The van der Waals surface area contributed by atoms with Gasteiger partial charge in [-0.05, 0) is 11.6 Å². The van der Waals surface area contributed by atoms with Crippen molar-refractivity contribution in [2.75, 3.05) is 0 Å². The third kappa shape index (κ3) is 2.26. The molecule has 1 aromatic carbocycles. The second kappa shape index (κ2) is 4.47. The number of nitriles is 1. The summed E-state index contributed by atoms with van der Waals surface area (Å²) in [5.41, 5.74) is -0.0210. The quantitative estimate of drug-likeness (QED) is 0.595. The minimum Gasteiger partial charge on any atom is -0.204 e. The first-order chi connectivity index (χ1) is 6.56. The zero-order valence-corrected chi connectivity index (χ0v) is 8.48. The van der Waals surface area contributed by atoms with Crippen LogP contribution in [0.4, 0.5) is 13.2 Å². The molecular formula is C9H5BrF3N. The van der Waals surface area contributed by atoms with Gasteiger partial charge in [0.05, 0.1) is 6.07 Å². The highest BCUT2D eigenvalue weighted by Crippen LogP contribution is 2.18. The third-order valence-electron chi connectivity index (χ3n) is 1.65. The van der Waals surface area contributed by atoms with Crippen molar-refractivity contribution in [3.05, 3.63) is 35.1 Å². The van der Waals surface area contributed by atoms with Crippen LogP contribution in [0.15, 0.2) is 12.1 Å². The van der Waals surface area contributed by atoms with Gasteiger partial charge in [0.15, 0.2) is 17.5 Å². The van der Waals surface area contributed by atoms with Gasteiger partial charge in [0.2, 0.25) is 0 Å². The Morgan fingerprint density at radius 1 is 1.29 bits per heavy atom. The molecule has 0 amide bonds. The molecular weight excluding hydrogens is 259 g/mol. The zero-order chi connectivity index (χ0) is 10.7. The topological polar surface area (TPSA) is 23.8 Å². The first-order valence-electron chi connectivity index (χ1n) is 3.72. The Balaban J connectivity index is 3.01. The highest BCUT2D eigenvalue weighted by Gasteiger charge is 2.15. The van der Waals surface area contributed by atoms with Gasteiger partial charge in [-0.1, -0.05) is 22.0 Å². The Morgan fingerprint density at radius 2 is 1.93 bits per heavy atom. The van der Waals surface area contributed by atoms with Crippen molar-refractivity contribution in [3.8, 4) is 6.07 Å². The van der Waals surface area contributed by atoms with E-state index < -0.39 is 22.3 Å². The van der Waals surface area contributed by atoms with E-state index in [0.717, 1.165) is 12.1 Å². The van der Waals surface area contributed by atoms with Crippen molar-refractivity contribution in [3.63, 3.8) is 0 Å². The molecule has 1 atom stereocenters. The molecule has 0 bridgehead atoms. The van der Waals surface area contributed by atoms with Gasteiger partial charge in [-0.25, -0.2) is 13.2 Å². The fourth-order valence-electron chi connectivity index (χ4n) is 0.962. The van der Waals surface area contributed by atoms with Crippen molar-refractivity contribution in [2.45, 2.75) is 11.2 Å². The third-order valence-corrected chi connectivity index (χ3v) is 2.18. The van der Waals surface area contributed by atoms with E-state index in [1.807, 2.05) is 6.07 Å². The summed E-state index contributed by atoms with van der Waals surface area (Å²) in [7, 11) is 0. The molecule has 0 aromatic heterocycles. The number of benzene rings is 1. The van der Waals surface area contributed by atoms with Crippen LogP contribution in [0.3, 0.4) is 0 Å². The Labute approximate surface area is 87.3 Å². The van der Waals surface area contributed by atoms with Crippen molar-refractivity contribution >= 4 is 15.9 Å². The average molecular weight is 264 g/mol. The molecule has 1 aromatic rings. The van der Waals surface area contributed by atoms with Gasteiger partial charge in [0.1, 0.15) is 4.83 Å². The largest absolute Gasteiger partial charge is 0.204 e. The van der Waals surface area contributed by atoms with Crippen molar-refractivity contribution in [1.82, 2.24) is 0 Å². The van der Waals surface area contributed by atoms with Crippen LogP contribution in [0, 0.1) is 28.8 Å². The molecule has 1 nitrogen and oxygen atoms in total. The molecule has 1 rings (SSSR count). The van der Waals surface area contributed by atoms with E-state index >= 15 is 0 Å². The van der Waals surface area contributed by atoms with Crippen molar-refractivity contribution in [1.29, 1.82) is 5.26 Å². The summed E-state index contributed by atoms with van der Waals surface area (Å²) in [6, 6.07) is 3.77. The standard InChI is InChI=1S/C9H5BrF3N/c10-6(4-14)3-5-1-2-7(11)9(13)8(5)12/h1-2,6H,3H2. The summed E-state index contributed by atoms with van der Waals surface area (Å²) in [5.74, 6) is -3.96. The van der Waals surface area contributed by atoms with Gasteiger partial charge in [0.25, 0.3) is 0 Å². The highest BCUT2D eigenvalue weighted by atomic mass is 79.9. The van der Waals surface area contributed by atoms with Gasteiger partial charge in [-0.2, -0.15) is 5.26 Å². The fraction of sp³-hybridized carbons (Fsp3) is 0.222. The van der Waals surface area contributed by atoms with Crippen molar-refractivity contribution < 1.29 is 13.2 Å². The van der Waals surface area contributed by atoms with Gasteiger partial charge >= 0.3 is 0 Å². The number of alkyl halides is 1. The molecule has 0 aliphatic heterocycles. The molecule has 1 unspecified atom stereocenters. The van der Waals surface area contributed by atoms with Gasteiger partial charge in [-0.15, -0.1) is 0 Å². The van der Waals surface area contributed by atoms with Crippen LogP contribution in [0.1, 0.15) is 5.56 Å². The Bertz CT molecular complexity index is 386. The normalized spacial score (nSPS) is 12.2. The van der Waals surface area contributed by atoms with Crippen LogP contribution in [-0.4, -0.2) is 4.83 Å². The lowest BCUT2D eigenvalue weighted by molar-refractivity contribution is 0.441. The van der Waals surface area contributed by atoms with Crippen molar-refractivity contribution in [2.24, 2.45) is 0 Å². The lowest BCUT2D eigenvalue weighted by Gasteiger charge is -2.04. The molecule has 0 spiro atoms. The Morgan fingerprint density at radius 3 is 2.50 bits per heavy atom. The van der Waals surface area contributed by atoms with E-state index in [0.29, 0.717) is 0 Å². The lowest BCUT2D eigenvalue weighted by atomic mass is 10.1. The molecule has 0 N–H and O–H groups in total. The molecule has 0 saturated carbocycles. The highest BCUT2D eigenvalue weighted by molar-refractivity contribution is 9.09. The van der Waals surface area contributed by atoms with E-state index in [1.165, 1.54) is 0 Å². The zero-order valence-electron chi connectivity index (χ0n) is 6.90. The minimum atomic E-state index is -1.50. The minimum absolute atomic E-state index is 0.000463. The first kappa shape index (κ1) is 11.1. The van der Waals surface area contributed by atoms with E-state index in [-0.39, 0.29) is 12.0 Å². The molecule has 14 heavy (non-hydrogen) atoms. The van der Waals surface area contributed by atoms with Gasteiger partial charge in [0, 0.05) is 6.42 Å². The van der Waals surface area contributed by atoms with E-state index in [9.17, 15) is 13.2 Å². The van der Waals surface area contributed by atoms with Gasteiger partial charge < -0.3 is 0 Å².